The zero-order valence-corrected chi connectivity index (χ0v) is 11.4. The fourth-order valence-electron chi connectivity index (χ4n) is 2.42. The van der Waals surface area contributed by atoms with Gasteiger partial charge in [-0.2, -0.15) is 0 Å². The standard InChI is InChI=1S/C16H21NO2/c1-19-15-9-5-4-8-14(15)10-11-17-16(18)12-13-6-2-3-7-13/h2,4-6,8-9,13H,3,7,10-12H2,1H3,(H,17,18)/t13-/m1/s1. The lowest BCUT2D eigenvalue weighted by Crippen LogP contribution is -2.27. The number of carbonyl (C=O) groups is 1. The Morgan fingerprint density at radius 3 is 3.00 bits per heavy atom. The number of hydrogen-bond acceptors (Lipinski definition) is 2. The van der Waals surface area contributed by atoms with Gasteiger partial charge in [0.05, 0.1) is 7.11 Å². The van der Waals surface area contributed by atoms with Gasteiger partial charge in [-0.1, -0.05) is 30.4 Å². The molecule has 1 aliphatic carbocycles. The van der Waals surface area contributed by atoms with Crippen molar-refractivity contribution in [1.82, 2.24) is 5.32 Å². The Kier molecular flexibility index (Phi) is 5.01. The van der Waals surface area contributed by atoms with E-state index in [-0.39, 0.29) is 5.91 Å². The molecule has 1 aromatic rings. The molecule has 0 fully saturated rings. The van der Waals surface area contributed by atoms with Crippen LogP contribution in [-0.2, 0) is 11.2 Å². The quantitative estimate of drug-likeness (QED) is 0.798. The number of methoxy groups -OCH3 is 1. The van der Waals surface area contributed by atoms with Crippen LogP contribution < -0.4 is 10.1 Å². The molecule has 1 aromatic carbocycles. The van der Waals surface area contributed by atoms with Crippen LogP contribution in [0.1, 0.15) is 24.8 Å². The first-order chi connectivity index (χ1) is 9.29. The summed E-state index contributed by atoms with van der Waals surface area (Å²) < 4.78 is 5.29. The van der Waals surface area contributed by atoms with Crippen LogP contribution in [0.2, 0.25) is 0 Å². The highest BCUT2D eigenvalue weighted by Crippen LogP contribution is 2.20. The van der Waals surface area contributed by atoms with Crippen molar-refractivity contribution < 1.29 is 9.53 Å². The van der Waals surface area contributed by atoms with E-state index >= 15 is 0 Å². The molecule has 0 bridgehead atoms. The molecule has 19 heavy (non-hydrogen) atoms. The molecule has 0 saturated heterocycles. The van der Waals surface area contributed by atoms with Crippen molar-refractivity contribution in [3.05, 3.63) is 42.0 Å². The summed E-state index contributed by atoms with van der Waals surface area (Å²) in [4.78, 5) is 11.8. The van der Waals surface area contributed by atoms with Gasteiger partial charge in [-0.15, -0.1) is 0 Å². The Labute approximate surface area is 114 Å². The Morgan fingerprint density at radius 2 is 2.26 bits per heavy atom. The third kappa shape index (κ3) is 4.12. The fourth-order valence-corrected chi connectivity index (χ4v) is 2.42. The average Bonchev–Trinajstić information content (AvgIpc) is 2.92. The van der Waals surface area contributed by atoms with Crippen molar-refractivity contribution >= 4 is 5.91 Å². The number of ether oxygens (including phenoxy) is 1. The van der Waals surface area contributed by atoms with Crippen LogP contribution in [0.3, 0.4) is 0 Å². The molecular weight excluding hydrogens is 238 g/mol. The molecule has 3 heteroatoms. The van der Waals surface area contributed by atoms with Gasteiger partial charge in [-0.3, -0.25) is 4.79 Å². The van der Waals surface area contributed by atoms with E-state index in [2.05, 4.69) is 17.5 Å². The maximum absolute atomic E-state index is 11.8. The fraction of sp³-hybridized carbons (Fsp3) is 0.438. The maximum atomic E-state index is 11.8. The second kappa shape index (κ2) is 6.98. The molecule has 0 aromatic heterocycles. The van der Waals surface area contributed by atoms with E-state index in [1.807, 2.05) is 24.3 Å². The lowest BCUT2D eigenvalue weighted by Gasteiger charge is -2.10. The van der Waals surface area contributed by atoms with Crippen molar-refractivity contribution in [3.63, 3.8) is 0 Å². The summed E-state index contributed by atoms with van der Waals surface area (Å²) >= 11 is 0. The maximum Gasteiger partial charge on any atom is 0.220 e. The topological polar surface area (TPSA) is 38.3 Å². The zero-order valence-electron chi connectivity index (χ0n) is 11.4. The smallest absolute Gasteiger partial charge is 0.220 e. The van der Waals surface area contributed by atoms with Gasteiger partial charge in [0.15, 0.2) is 0 Å². The molecular formula is C16H21NO2. The number of nitrogens with one attached hydrogen (secondary N) is 1. The van der Waals surface area contributed by atoms with Gasteiger partial charge >= 0.3 is 0 Å². The molecule has 0 spiro atoms. The van der Waals surface area contributed by atoms with Crippen LogP contribution in [0.4, 0.5) is 0 Å². The zero-order chi connectivity index (χ0) is 13.5. The number of para-hydroxylation sites is 1. The summed E-state index contributed by atoms with van der Waals surface area (Å²) in [7, 11) is 1.67. The van der Waals surface area contributed by atoms with Crippen molar-refractivity contribution in [2.75, 3.05) is 13.7 Å². The second-order valence-corrected chi connectivity index (χ2v) is 4.88. The van der Waals surface area contributed by atoms with Gasteiger partial charge in [-0.25, -0.2) is 0 Å². The van der Waals surface area contributed by atoms with Gasteiger partial charge in [0.2, 0.25) is 5.91 Å². The van der Waals surface area contributed by atoms with Crippen molar-refractivity contribution in [2.24, 2.45) is 5.92 Å². The van der Waals surface area contributed by atoms with Gasteiger partial charge in [-0.05, 0) is 36.8 Å². The Bertz CT molecular complexity index is 454. The largest absolute Gasteiger partial charge is 0.496 e. The highest BCUT2D eigenvalue weighted by molar-refractivity contribution is 5.76. The Morgan fingerprint density at radius 1 is 1.42 bits per heavy atom. The third-order valence-corrected chi connectivity index (χ3v) is 3.47. The normalized spacial score (nSPS) is 17.4. The molecule has 0 saturated carbocycles. The van der Waals surface area contributed by atoms with E-state index in [9.17, 15) is 4.79 Å². The summed E-state index contributed by atoms with van der Waals surface area (Å²) in [6.45, 7) is 0.662. The summed E-state index contributed by atoms with van der Waals surface area (Å²) in [6, 6.07) is 7.92. The molecule has 1 aliphatic rings. The first-order valence-corrected chi connectivity index (χ1v) is 6.85. The molecule has 0 unspecified atom stereocenters. The van der Waals surface area contributed by atoms with Crippen LogP contribution in [0.5, 0.6) is 5.75 Å². The number of amides is 1. The third-order valence-electron chi connectivity index (χ3n) is 3.47. The van der Waals surface area contributed by atoms with Crippen molar-refractivity contribution in [2.45, 2.75) is 25.7 Å². The van der Waals surface area contributed by atoms with E-state index in [0.29, 0.717) is 18.9 Å². The summed E-state index contributed by atoms with van der Waals surface area (Å²) in [5, 5.41) is 2.98. The molecule has 0 heterocycles. The predicted octanol–water partition coefficient (Wildman–Crippen LogP) is 2.71. The number of hydrogen-bond donors (Lipinski definition) is 1. The van der Waals surface area contributed by atoms with Crippen molar-refractivity contribution in [1.29, 1.82) is 0 Å². The molecule has 1 atom stereocenters. The first-order valence-electron chi connectivity index (χ1n) is 6.85. The predicted molar refractivity (Wildman–Crippen MR) is 76.2 cm³/mol. The lowest BCUT2D eigenvalue weighted by atomic mass is 10.0. The van der Waals surface area contributed by atoms with Gasteiger partial charge in [0, 0.05) is 13.0 Å². The second-order valence-electron chi connectivity index (χ2n) is 4.88. The lowest BCUT2D eigenvalue weighted by molar-refractivity contribution is -0.121. The molecule has 3 nitrogen and oxygen atoms in total. The van der Waals surface area contributed by atoms with E-state index in [4.69, 9.17) is 4.74 Å². The average molecular weight is 259 g/mol. The summed E-state index contributed by atoms with van der Waals surface area (Å²) in [5.74, 6) is 1.47. The molecule has 1 N–H and O–H groups in total. The minimum Gasteiger partial charge on any atom is -0.496 e. The molecule has 2 rings (SSSR count). The monoisotopic (exact) mass is 259 g/mol. The van der Waals surface area contributed by atoms with Crippen LogP contribution in [0.25, 0.3) is 0 Å². The van der Waals surface area contributed by atoms with E-state index in [1.54, 1.807) is 7.11 Å². The Balaban J connectivity index is 1.73. The van der Waals surface area contributed by atoms with E-state index in [0.717, 1.165) is 30.6 Å². The van der Waals surface area contributed by atoms with E-state index < -0.39 is 0 Å². The minimum atomic E-state index is 0.145. The van der Waals surface area contributed by atoms with Crippen LogP contribution in [-0.4, -0.2) is 19.6 Å². The highest BCUT2D eigenvalue weighted by Gasteiger charge is 2.13. The van der Waals surface area contributed by atoms with Crippen LogP contribution in [0, 0.1) is 5.92 Å². The molecule has 0 radical (unpaired) electrons. The van der Waals surface area contributed by atoms with Crippen molar-refractivity contribution in [3.8, 4) is 5.75 Å². The van der Waals surface area contributed by atoms with Gasteiger partial charge < -0.3 is 10.1 Å². The van der Waals surface area contributed by atoms with Crippen LogP contribution >= 0.6 is 0 Å². The number of carbonyl (C=O) groups excluding carboxylic acids is 1. The number of allylic oxidation sites excluding steroid dienone is 2. The summed E-state index contributed by atoms with van der Waals surface area (Å²) in [6.07, 6.45) is 7.95. The number of rotatable bonds is 6. The SMILES string of the molecule is COc1ccccc1CCNC(=O)C[C@@H]1C=CCC1. The highest BCUT2D eigenvalue weighted by atomic mass is 16.5. The minimum absolute atomic E-state index is 0.145. The summed E-state index contributed by atoms with van der Waals surface area (Å²) in [5.41, 5.74) is 1.13. The Hall–Kier alpha value is -1.77. The molecule has 102 valence electrons. The molecule has 1 amide bonds. The van der Waals surface area contributed by atoms with Gasteiger partial charge in [0.1, 0.15) is 5.75 Å². The number of benzene rings is 1. The van der Waals surface area contributed by atoms with E-state index in [1.165, 1.54) is 0 Å². The van der Waals surface area contributed by atoms with Gasteiger partial charge in [0.25, 0.3) is 0 Å². The molecule has 0 aliphatic heterocycles. The van der Waals surface area contributed by atoms with Crippen LogP contribution in [0.15, 0.2) is 36.4 Å². The first kappa shape index (κ1) is 13.7.